The molecule has 0 aromatic heterocycles. The van der Waals surface area contributed by atoms with Gasteiger partial charge < -0.3 is 5.73 Å². The molecule has 2 N–H and O–H groups in total. The Morgan fingerprint density at radius 1 is 1.56 bits per heavy atom. The Hall–Kier alpha value is -0.258. The van der Waals surface area contributed by atoms with E-state index >= 15 is 0 Å². The van der Waals surface area contributed by atoms with Gasteiger partial charge >= 0.3 is 0 Å². The molecule has 0 aliphatic heterocycles. The van der Waals surface area contributed by atoms with E-state index < -0.39 is 14.1 Å². The van der Waals surface area contributed by atoms with Crippen molar-refractivity contribution in [1.29, 1.82) is 0 Å². The van der Waals surface area contributed by atoms with E-state index in [1.807, 2.05) is 4.94 Å². The summed E-state index contributed by atoms with van der Waals surface area (Å²) >= 11 is -0.747. The second kappa shape index (κ2) is 3.71. The van der Waals surface area contributed by atoms with Crippen molar-refractivity contribution in [3.05, 3.63) is 10.5 Å². The second-order valence-electron chi connectivity index (χ2n) is 2.46. The normalized spacial score (nSPS) is 11.2. The van der Waals surface area contributed by atoms with Crippen LogP contribution in [0.1, 0.15) is 6.92 Å². The number of rotatable bonds is 2. The van der Waals surface area contributed by atoms with E-state index in [0.29, 0.717) is 5.57 Å². The summed E-state index contributed by atoms with van der Waals surface area (Å²) in [6.45, 7) is 1.76. The first kappa shape index (κ1) is 8.74. The minimum atomic E-state index is -0.747. The Kier molecular flexibility index (Phi) is 3.60. The predicted molar refractivity (Wildman–Crippen MR) is 40.4 cm³/mol. The van der Waals surface area contributed by atoms with E-state index in [2.05, 4.69) is 11.6 Å². The Bertz CT molecular complexity index is 140. The fourth-order valence-electron chi connectivity index (χ4n) is 0.582. The zero-order chi connectivity index (χ0) is 7.44. The number of carbonyl (C=O) groups excluding carboxylic acids is 1. The van der Waals surface area contributed by atoms with Crippen LogP contribution in [-0.2, 0) is 4.79 Å². The van der Waals surface area contributed by atoms with Crippen LogP contribution in [0.3, 0.4) is 0 Å². The highest BCUT2D eigenvalue weighted by Gasteiger charge is 2.00. The highest BCUT2D eigenvalue weighted by Crippen LogP contribution is 1.92. The zero-order valence-electron chi connectivity index (χ0n) is 6.14. The van der Waals surface area contributed by atoms with Gasteiger partial charge in [-0.15, -0.1) is 16.5 Å². The van der Waals surface area contributed by atoms with E-state index in [9.17, 15) is 4.79 Å². The summed E-state index contributed by atoms with van der Waals surface area (Å²) in [4.78, 5) is 12.4. The standard InChI is InChI=1S/C4H6NO.2CH3.Al/c1-3(2)4(5)6;;;/h1H,2H3,(H2,5,6);2*1H3;. The number of hydrogen-bond donors (Lipinski definition) is 1. The molecule has 1 amide bonds. The zero-order valence-corrected chi connectivity index (χ0v) is 7.29. The molecule has 0 aliphatic carbocycles. The van der Waals surface area contributed by atoms with Crippen LogP contribution in [0, 0.1) is 0 Å². The first-order valence-electron chi connectivity index (χ1n) is 3.02. The third-order valence-corrected chi connectivity index (χ3v) is 2.14. The van der Waals surface area contributed by atoms with Gasteiger partial charge in [-0.1, -0.05) is 0 Å². The number of primary amides is 1. The molecule has 0 atom stereocenters. The van der Waals surface area contributed by atoms with Crippen molar-refractivity contribution in [3.63, 3.8) is 0 Å². The highest BCUT2D eigenvalue weighted by atomic mass is 27.2. The minimum absolute atomic E-state index is 0.295. The van der Waals surface area contributed by atoms with E-state index in [4.69, 9.17) is 5.73 Å². The average molecular weight is 141 g/mol. The van der Waals surface area contributed by atoms with Crippen molar-refractivity contribution in [2.24, 2.45) is 5.73 Å². The summed E-state index contributed by atoms with van der Waals surface area (Å²) in [5.41, 5.74) is 5.70. The van der Waals surface area contributed by atoms with Crippen molar-refractivity contribution >= 4 is 20.1 Å². The van der Waals surface area contributed by atoms with E-state index in [-0.39, 0.29) is 5.91 Å². The summed E-state index contributed by atoms with van der Waals surface area (Å²) in [5, 5.41) is 0. The van der Waals surface area contributed by atoms with Gasteiger partial charge in [-0.25, -0.2) is 0 Å². The molecule has 9 heavy (non-hydrogen) atoms. The molecule has 0 aromatic rings. The highest BCUT2D eigenvalue weighted by molar-refractivity contribution is 6.61. The maximum absolute atomic E-state index is 10.4. The second-order valence-corrected chi connectivity index (χ2v) is 5.28. The molecule has 0 fully saturated rings. The monoisotopic (exact) mass is 141 g/mol. The van der Waals surface area contributed by atoms with Crippen molar-refractivity contribution in [3.8, 4) is 0 Å². The number of amides is 1. The van der Waals surface area contributed by atoms with Crippen molar-refractivity contribution in [1.82, 2.24) is 0 Å². The lowest BCUT2D eigenvalue weighted by Gasteiger charge is -1.92. The lowest BCUT2D eigenvalue weighted by atomic mass is 10.3. The molecule has 0 saturated heterocycles. The lowest BCUT2D eigenvalue weighted by molar-refractivity contribution is -0.114. The van der Waals surface area contributed by atoms with Crippen molar-refractivity contribution in [2.75, 3.05) is 0 Å². The molecule has 50 valence electrons. The van der Waals surface area contributed by atoms with Crippen LogP contribution >= 0.6 is 0 Å². The van der Waals surface area contributed by atoms with Gasteiger partial charge in [0.05, 0.1) is 0 Å². The molecular weight excluding hydrogens is 129 g/mol. The van der Waals surface area contributed by atoms with Gasteiger partial charge in [0.25, 0.3) is 14.1 Å². The fourth-order valence-corrected chi connectivity index (χ4v) is 1.75. The summed E-state index contributed by atoms with van der Waals surface area (Å²) in [6.07, 6.45) is 0. The molecule has 0 bridgehead atoms. The van der Waals surface area contributed by atoms with Gasteiger partial charge in [-0.2, -0.15) is 0 Å². The van der Waals surface area contributed by atoms with E-state index in [1.54, 1.807) is 6.92 Å². The van der Waals surface area contributed by atoms with Gasteiger partial charge in [-0.3, -0.25) is 4.79 Å². The van der Waals surface area contributed by atoms with Gasteiger partial charge in [0.1, 0.15) is 0 Å². The van der Waals surface area contributed by atoms with Gasteiger partial charge in [0.15, 0.2) is 0 Å². The fraction of sp³-hybridized carbons (Fsp3) is 0.500. The minimum Gasteiger partial charge on any atom is -0.366 e. The van der Waals surface area contributed by atoms with Gasteiger partial charge in [0, 0.05) is 0 Å². The first-order valence-corrected chi connectivity index (χ1v) is 6.00. The number of carbonyl (C=O) groups is 1. The molecule has 0 unspecified atom stereocenters. The van der Waals surface area contributed by atoms with Crippen molar-refractivity contribution < 1.29 is 4.79 Å². The Morgan fingerprint density at radius 3 is 2.11 bits per heavy atom. The molecule has 0 aromatic carbocycles. The van der Waals surface area contributed by atoms with Crippen LogP contribution in [0.2, 0.25) is 11.6 Å². The Labute approximate surface area is 60.1 Å². The van der Waals surface area contributed by atoms with Gasteiger partial charge in [0.2, 0.25) is 5.91 Å². The molecule has 2 nitrogen and oxygen atoms in total. The summed E-state index contributed by atoms with van der Waals surface area (Å²) in [5.74, 6) is 4.00. The molecule has 0 spiro atoms. The van der Waals surface area contributed by atoms with Crippen LogP contribution in [0.4, 0.5) is 0 Å². The molecular formula is C6H12AlNO. The van der Waals surface area contributed by atoms with Crippen LogP contribution in [0.15, 0.2) is 10.5 Å². The predicted octanol–water partition coefficient (Wildman–Crippen LogP) is 0.712. The third-order valence-electron chi connectivity index (χ3n) is 0.972. The average Bonchev–Trinajstić information content (AvgIpc) is 1.63. The third kappa shape index (κ3) is 4.26. The largest absolute Gasteiger partial charge is 0.366 e. The number of hydrogen-bond acceptors (Lipinski definition) is 1. The van der Waals surface area contributed by atoms with Gasteiger partial charge in [-0.05, 0) is 12.5 Å². The van der Waals surface area contributed by atoms with E-state index in [0.717, 1.165) is 0 Å². The Morgan fingerprint density at radius 2 is 2.00 bits per heavy atom. The molecule has 0 radical (unpaired) electrons. The van der Waals surface area contributed by atoms with Crippen molar-refractivity contribution in [2.45, 2.75) is 18.5 Å². The molecule has 3 heteroatoms. The smallest absolute Gasteiger partial charge is 0.289 e. The summed E-state index contributed by atoms with van der Waals surface area (Å²) in [6, 6.07) is 0. The molecule has 0 saturated carbocycles. The van der Waals surface area contributed by atoms with Crippen LogP contribution in [0.25, 0.3) is 0 Å². The maximum Gasteiger partial charge on any atom is 0.289 e. The van der Waals surface area contributed by atoms with E-state index in [1.165, 1.54) is 0 Å². The molecule has 0 heterocycles. The summed E-state index contributed by atoms with van der Waals surface area (Å²) in [7, 11) is 0. The maximum atomic E-state index is 10.4. The lowest BCUT2D eigenvalue weighted by Crippen LogP contribution is -2.13. The quantitative estimate of drug-likeness (QED) is 0.446. The molecule has 0 aliphatic rings. The topological polar surface area (TPSA) is 43.1 Å². The van der Waals surface area contributed by atoms with Crippen LogP contribution in [0.5, 0.6) is 0 Å². The van der Waals surface area contributed by atoms with Crippen LogP contribution < -0.4 is 5.73 Å². The molecule has 0 rings (SSSR count). The van der Waals surface area contributed by atoms with Crippen LogP contribution in [-0.4, -0.2) is 20.1 Å². The number of nitrogens with two attached hydrogens (primary N) is 1. The SMILES string of the molecule is C/C(=[CH]/[Al]([CH3])[CH3])C(N)=O. The first-order chi connectivity index (χ1) is 4.04. The Balaban J connectivity index is 4.00. The summed E-state index contributed by atoms with van der Waals surface area (Å²) < 4.78 is 0.